The molecule has 1 saturated carbocycles. The fourth-order valence-electron chi connectivity index (χ4n) is 2.65. The van der Waals surface area contributed by atoms with Crippen LogP contribution in [0.3, 0.4) is 0 Å². The largest absolute Gasteiger partial charge is 0.391 e. The van der Waals surface area contributed by atoms with Gasteiger partial charge in [-0.2, -0.15) is 0 Å². The highest BCUT2D eigenvalue weighted by atomic mass is 16.3. The van der Waals surface area contributed by atoms with Gasteiger partial charge in [0, 0.05) is 18.3 Å². The number of aliphatic hydroxyl groups excluding tert-OH is 1. The van der Waals surface area contributed by atoms with Gasteiger partial charge in [-0.3, -0.25) is 0 Å². The minimum absolute atomic E-state index is 0.200. The molecule has 1 N–H and O–H groups in total. The maximum atomic E-state index is 10.2. The monoisotopic (exact) mass is 222 g/mol. The molecule has 0 bridgehead atoms. The Hall–Kier alpha value is -0.830. The fraction of sp³-hybridized carbons (Fsp3) is 0.769. The van der Waals surface area contributed by atoms with Gasteiger partial charge in [-0.1, -0.05) is 33.1 Å². The molecule has 0 spiro atoms. The van der Waals surface area contributed by atoms with Crippen LogP contribution in [0.15, 0.2) is 12.4 Å². The second kappa shape index (κ2) is 5.00. The first-order chi connectivity index (χ1) is 7.70. The lowest BCUT2D eigenvalue weighted by molar-refractivity contribution is 0.103. The van der Waals surface area contributed by atoms with E-state index in [9.17, 15) is 5.11 Å². The molecule has 1 aromatic rings. The lowest BCUT2D eigenvalue weighted by Gasteiger charge is -2.24. The molecule has 0 saturated heterocycles. The van der Waals surface area contributed by atoms with Crippen LogP contribution in [0.1, 0.15) is 63.7 Å². The third kappa shape index (κ3) is 2.29. The van der Waals surface area contributed by atoms with E-state index in [1.807, 2.05) is 12.4 Å². The second-order valence-electron chi connectivity index (χ2n) is 5.12. The first-order valence-electron chi connectivity index (χ1n) is 6.41. The summed E-state index contributed by atoms with van der Waals surface area (Å²) in [5.41, 5.74) is 0. The molecular formula is C13H22N2O. The van der Waals surface area contributed by atoms with E-state index in [-0.39, 0.29) is 12.1 Å². The lowest BCUT2D eigenvalue weighted by atomic mass is 10.0. The Morgan fingerprint density at radius 2 is 2.06 bits per heavy atom. The van der Waals surface area contributed by atoms with E-state index in [0.717, 1.165) is 25.1 Å². The maximum Gasteiger partial charge on any atom is 0.111 e. The van der Waals surface area contributed by atoms with Crippen LogP contribution in [0.2, 0.25) is 0 Å². The zero-order valence-corrected chi connectivity index (χ0v) is 10.3. The van der Waals surface area contributed by atoms with Crippen LogP contribution in [0.25, 0.3) is 0 Å². The Morgan fingerprint density at radius 3 is 2.81 bits per heavy atom. The predicted octanol–water partition coefficient (Wildman–Crippen LogP) is 2.87. The quantitative estimate of drug-likeness (QED) is 0.781. The van der Waals surface area contributed by atoms with Crippen molar-refractivity contribution in [2.45, 2.75) is 64.0 Å². The number of hydrogen-bond acceptors (Lipinski definition) is 2. The van der Waals surface area contributed by atoms with Crippen molar-refractivity contribution in [3.05, 3.63) is 18.2 Å². The van der Waals surface area contributed by atoms with Gasteiger partial charge in [0.25, 0.3) is 0 Å². The zero-order chi connectivity index (χ0) is 11.5. The highest BCUT2D eigenvalue weighted by molar-refractivity contribution is 5.01. The van der Waals surface area contributed by atoms with Gasteiger partial charge in [0.15, 0.2) is 0 Å². The Balaban J connectivity index is 2.23. The Morgan fingerprint density at radius 1 is 1.31 bits per heavy atom. The van der Waals surface area contributed by atoms with Gasteiger partial charge in [-0.25, -0.2) is 4.98 Å². The first kappa shape index (κ1) is 11.6. The minimum atomic E-state index is -0.200. The highest BCUT2D eigenvalue weighted by Gasteiger charge is 2.25. The number of imidazole rings is 1. The standard InChI is InChI=1S/C13H22N2O/c1-10(2)13-14-8-9-15(13)11-6-4-3-5-7-12(11)16/h8-12,16H,3-7H2,1-2H3. The van der Waals surface area contributed by atoms with Crippen molar-refractivity contribution >= 4 is 0 Å². The van der Waals surface area contributed by atoms with Crippen molar-refractivity contribution in [1.82, 2.24) is 9.55 Å². The molecule has 1 aliphatic rings. The molecule has 90 valence electrons. The van der Waals surface area contributed by atoms with E-state index in [1.165, 1.54) is 12.8 Å². The third-order valence-electron chi connectivity index (χ3n) is 3.52. The van der Waals surface area contributed by atoms with Gasteiger partial charge in [0.1, 0.15) is 5.82 Å². The van der Waals surface area contributed by atoms with E-state index in [1.54, 1.807) is 0 Å². The number of rotatable bonds is 2. The number of hydrogen-bond donors (Lipinski definition) is 1. The molecule has 0 radical (unpaired) electrons. The van der Waals surface area contributed by atoms with Crippen molar-refractivity contribution in [2.75, 3.05) is 0 Å². The van der Waals surface area contributed by atoms with E-state index in [2.05, 4.69) is 23.4 Å². The highest BCUT2D eigenvalue weighted by Crippen LogP contribution is 2.30. The van der Waals surface area contributed by atoms with Gasteiger partial charge in [-0.15, -0.1) is 0 Å². The summed E-state index contributed by atoms with van der Waals surface area (Å²) in [7, 11) is 0. The van der Waals surface area contributed by atoms with Gasteiger partial charge in [-0.05, 0) is 12.8 Å². The summed E-state index contributed by atoms with van der Waals surface area (Å²) in [4.78, 5) is 4.41. The van der Waals surface area contributed by atoms with Crippen LogP contribution >= 0.6 is 0 Å². The molecule has 0 aliphatic heterocycles. The average molecular weight is 222 g/mol. The number of nitrogens with zero attached hydrogens (tertiary/aromatic N) is 2. The van der Waals surface area contributed by atoms with Crippen LogP contribution in [0.4, 0.5) is 0 Å². The zero-order valence-electron chi connectivity index (χ0n) is 10.3. The SMILES string of the molecule is CC(C)c1nccn1C1CCCCCC1O. The Kier molecular flexibility index (Phi) is 3.64. The summed E-state index contributed by atoms with van der Waals surface area (Å²) in [6.07, 6.45) is 9.31. The average Bonchev–Trinajstić information content (AvgIpc) is 2.63. The van der Waals surface area contributed by atoms with Gasteiger partial charge < -0.3 is 9.67 Å². The van der Waals surface area contributed by atoms with Crippen molar-refractivity contribution < 1.29 is 5.11 Å². The van der Waals surface area contributed by atoms with Crippen LogP contribution < -0.4 is 0 Å². The molecule has 0 amide bonds. The van der Waals surface area contributed by atoms with E-state index >= 15 is 0 Å². The molecule has 1 fully saturated rings. The molecule has 1 aromatic heterocycles. The molecule has 1 heterocycles. The van der Waals surface area contributed by atoms with Crippen molar-refractivity contribution in [1.29, 1.82) is 0 Å². The normalized spacial score (nSPS) is 27.0. The van der Waals surface area contributed by atoms with Gasteiger partial charge >= 0.3 is 0 Å². The number of aliphatic hydroxyl groups is 1. The van der Waals surface area contributed by atoms with E-state index in [4.69, 9.17) is 0 Å². The van der Waals surface area contributed by atoms with Crippen LogP contribution in [-0.4, -0.2) is 20.8 Å². The fourth-order valence-corrected chi connectivity index (χ4v) is 2.65. The summed E-state index contributed by atoms with van der Waals surface area (Å²) < 4.78 is 2.20. The lowest BCUT2D eigenvalue weighted by Crippen LogP contribution is -2.24. The molecule has 2 atom stereocenters. The van der Waals surface area contributed by atoms with Gasteiger partial charge in [0.2, 0.25) is 0 Å². The van der Waals surface area contributed by atoms with Gasteiger partial charge in [0.05, 0.1) is 12.1 Å². The Labute approximate surface area is 97.5 Å². The minimum Gasteiger partial charge on any atom is -0.391 e. The molecule has 2 rings (SSSR count). The molecule has 1 aliphatic carbocycles. The molecule has 0 aromatic carbocycles. The van der Waals surface area contributed by atoms with Crippen molar-refractivity contribution in [3.8, 4) is 0 Å². The van der Waals surface area contributed by atoms with Crippen LogP contribution in [-0.2, 0) is 0 Å². The molecule has 16 heavy (non-hydrogen) atoms. The Bertz CT molecular complexity index is 332. The summed E-state index contributed by atoms with van der Waals surface area (Å²) in [6.45, 7) is 4.31. The smallest absolute Gasteiger partial charge is 0.111 e. The first-order valence-corrected chi connectivity index (χ1v) is 6.41. The predicted molar refractivity (Wildman–Crippen MR) is 64.4 cm³/mol. The van der Waals surface area contributed by atoms with Crippen LogP contribution in [0, 0.1) is 0 Å². The van der Waals surface area contributed by atoms with Crippen molar-refractivity contribution in [2.24, 2.45) is 0 Å². The summed E-state index contributed by atoms with van der Waals surface area (Å²) in [6, 6.07) is 0.238. The number of aromatic nitrogens is 2. The molecule has 3 heteroatoms. The van der Waals surface area contributed by atoms with E-state index < -0.39 is 0 Å². The molecule has 2 unspecified atom stereocenters. The molecular weight excluding hydrogens is 200 g/mol. The third-order valence-corrected chi connectivity index (χ3v) is 3.52. The second-order valence-corrected chi connectivity index (χ2v) is 5.12. The summed E-state index contributed by atoms with van der Waals surface area (Å²) >= 11 is 0. The van der Waals surface area contributed by atoms with Crippen molar-refractivity contribution in [3.63, 3.8) is 0 Å². The molecule has 3 nitrogen and oxygen atoms in total. The summed E-state index contributed by atoms with van der Waals surface area (Å²) in [5.74, 6) is 1.52. The summed E-state index contributed by atoms with van der Waals surface area (Å²) in [5, 5.41) is 10.2. The maximum absolute atomic E-state index is 10.2. The van der Waals surface area contributed by atoms with Crippen LogP contribution in [0.5, 0.6) is 0 Å². The topological polar surface area (TPSA) is 38.0 Å². The van der Waals surface area contributed by atoms with E-state index in [0.29, 0.717) is 5.92 Å².